The molecule has 0 heterocycles. The third-order valence-electron chi connectivity index (χ3n) is 1.58. The first-order chi connectivity index (χ1) is 6.56. The molecule has 14 heavy (non-hydrogen) atoms. The number of hydrogen-bond acceptors (Lipinski definition) is 4. The van der Waals surface area contributed by atoms with E-state index in [1.54, 1.807) is 6.07 Å². The summed E-state index contributed by atoms with van der Waals surface area (Å²) in [7, 11) is 0. The van der Waals surface area contributed by atoms with Gasteiger partial charge in [-0.05, 0) is 6.07 Å². The molecule has 1 aromatic rings. The highest BCUT2D eigenvalue weighted by molar-refractivity contribution is 5.44. The van der Waals surface area contributed by atoms with Crippen LogP contribution in [-0.4, -0.2) is 10.0 Å². The molecule has 1 N–H and O–H groups in total. The third-order valence-corrected chi connectivity index (χ3v) is 1.58. The van der Waals surface area contributed by atoms with Crippen molar-refractivity contribution < 1.29 is 14.4 Å². The number of aromatic hydroxyl groups is 1. The molecule has 5 nitrogen and oxygen atoms in total. The Bertz CT molecular complexity index is 425. The van der Waals surface area contributed by atoms with Gasteiger partial charge in [-0.25, -0.2) is 0 Å². The van der Waals surface area contributed by atoms with E-state index >= 15 is 0 Å². The van der Waals surface area contributed by atoms with Gasteiger partial charge >= 0.3 is 5.69 Å². The first kappa shape index (κ1) is 9.92. The molecule has 0 fully saturated rings. The monoisotopic (exact) mass is 196 g/mol. The Morgan fingerprint density at radius 2 is 2.29 bits per heavy atom. The van der Waals surface area contributed by atoms with Crippen LogP contribution < -0.4 is 0 Å². The topological polar surface area (TPSA) is 87.2 Å². The lowest BCUT2D eigenvalue weighted by Crippen LogP contribution is -1.97. The van der Waals surface area contributed by atoms with E-state index in [4.69, 9.17) is 10.4 Å². The zero-order valence-corrected chi connectivity index (χ0v) is 6.90. The van der Waals surface area contributed by atoms with Crippen molar-refractivity contribution in [2.75, 3.05) is 0 Å². The molecule has 72 valence electrons. The van der Waals surface area contributed by atoms with Gasteiger partial charge < -0.3 is 5.11 Å². The van der Waals surface area contributed by atoms with Gasteiger partial charge in [0.25, 0.3) is 0 Å². The van der Waals surface area contributed by atoms with E-state index in [1.165, 1.54) is 0 Å². The van der Waals surface area contributed by atoms with Gasteiger partial charge in [-0.2, -0.15) is 9.65 Å². The molecule has 0 aliphatic rings. The molecular weight excluding hydrogens is 191 g/mol. The van der Waals surface area contributed by atoms with E-state index in [0.29, 0.717) is 6.07 Å². The molecule has 0 atom stereocenters. The normalized spacial score (nSPS) is 9.43. The predicted molar refractivity (Wildman–Crippen MR) is 44.0 cm³/mol. The fraction of sp³-hybridized carbons (Fsp3) is 0.125. The average Bonchev–Trinajstić information content (AvgIpc) is 2.10. The predicted octanol–water partition coefficient (Wildman–Crippen LogP) is 1.51. The van der Waals surface area contributed by atoms with Crippen molar-refractivity contribution in [2.45, 2.75) is 6.42 Å². The number of halogens is 1. The fourth-order valence-corrected chi connectivity index (χ4v) is 0.998. The minimum Gasteiger partial charge on any atom is -0.508 e. The molecule has 0 aromatic heterocycles. The number of phenolic OH excluding ortho intramolecular Hbond substituents is 1. The molecule has 0 saturated carbocycles. The van der Waals surface area contributed by atoms with Crippen LogP contribution in [0.3, 0.4) is 0 Å². The first-order valence-electron chi connectivity index (χ1n) is 3.59. The number of hydrogen-bond donors (Lipinski definition) is 1. The molecular formula is C8H5FN2O3. The van der Waals surface area contributed by atoms with Gasteiger partial charge in [0.2, 0.25) is 5.82 Å². The van der Waals surface area contributed by atoms with Crippen LogP contribution >= 0.6 is 0 Å². The number of nitro benzene ring substituents is 1. The van der Waals surface area contributed by atoms with Crippen LogP contribution in [0.1, 0.15) is 5.56 Å². The quantitative estimate of drug-likeness (QED) is 0.573. The van der Waals surface area contributed by atoms with Crippen LogP contribution in [-0.2, 0) is 6.42 Å². The molecule has 1 aromatic carbocycles. The maximum Gasteiger partial charge on any atom is 0.308 e. The Labute approximate surface area is 78.2 Å². The fourth-order valence-electron chi connectivity index (χ4n) is 0.998. The maximum atomic E-state index is 13.2. The van der Waals surface area contributed by atoms with Gasteiger partial charge in [-0.3, -0.25) is 10.1 Å². The van der Waals surface area contributed by atoms with Crippen molar-refractivity contribution in [1.82, 2.24) is 0 Å². The Morgan fingerprint density at radius 3 is 2.79 bits per heavy atom. The second kappa shape index (κ2) is 3.70. The van der Waals surface area contributed by atoms with Crippen molar-refractivity contribution in [3.8, 4) is 11.8 Å². The van der Waals surface area contributed by atoms with Gasteiger partial charge in [0, 0.05) is 5.56 Å². The van der Waals surface area contributed by atoms with Crippen LogP contribution in [0.25, 0.3) is 0 Å². The van der Waals surface area contributed by atoms with Crippen LogP contribution in [0.15, 0.2) is 12.1 Å². The van der Waals surface area contributed by atoms with Crippen molar-refractivity contribution in [1.29, 1.82) is 5.26 Å². The second-order valence-corrected chi connectivity index (χ2v) is 2.53. The van der Waals surface area contributed by atoms with Gasteiger partial charge in [-0.15, -0.1) is 0 Å². The molecule has 0 spiro atoms. The van der Waals surface area contributed by atoms with Crippen LogP contribution in [0.4, 0.5) is 10.1 Å². The summed E-state index contributed by atoms with van der Waals surface area (Å²) in [6.45, 7) is 0. The third kappa shape index (κ3) is 1.77. The number of rotatable bonds is 2. The Balaban J connectivity index is 3.33. The highest BCUT2D eigenvalue weighted by Crippen LogP contribution is 2.26. The number of nitro groups is 1. The summed E-state index contributed by atoms with van der Waals surface area (Å²) >= 11 is 0. The smallest absolute Gasteiger partial charge is 0.308 e. The molecule has 0 aliphatic carbocycles. The minimum atomic E-state index is -1.07. The maximum absolute atomic E-state index is 13.2. The van der Waals surface area contributed by atoms with Gasteiger partial charge in [0.05, 0.1) is 23.5 Å². The number of phenols is 1. The highest BCUT2D eigenvalue weighted by atomic mass is 19.1. The summed E-state index contributed by atoms with van der Waals surface area (Å²) < 4.78 is 13.2. The Hall–Kier alpha value is -2.16. The second-order valence-electron chi connectivity index (χ2n) is 2.53. The van der Waals surface area contributed by atoms with Crippen molar-refractivity contribution >= 4 is 5.69 Å². The number of benzene rings is 1. The molecule has 0 saturated heterocycles. The van der Waals surface area contributed by atoms with Gasteiger partial charge in [0.1, 0.15) is 5.75 Å². The van der Waals surface area contributed by atoms with Crippen LogP contribution in [0.2, 0.25) is 0 Å². The van der Waals surface area contributed by atoms with E-state index in [-0.39, 0.29) is 12.0 Å². The SMILES string of the molecule is N#CCc1cc(O)cc([N+](=O)[O-])c1F. The van der Waals surface area contributed by atoms with Gasteiger partial charge in [-0.1, -0.05) is 0 Å². The summed E-state index contributed by atoms with van der Waals surface area (Å²) in [5, 5.41) is 27.6. The minimum absolute atomic E-state index is 0.181. The van der Waals surface area contributed by atoms with Gasteiger partial charge in [0.15, 0.2) is 0 Å². The Morgan fingerprint density at radius 1 is 1.64 bits per heavy atom. The molecule has 0 amide bonds. The molecule has 0 bridgehead atoms. The van der Waals surface area contributed by atoms with Crippen molar-refractivity contribution in [3.63, 3.8) is 0 Å². The van der Waals surface area contributed by atoms with Crippen molar-refractivity contribution in [2.24, 2.45) is 0 Å². The summed E-state index contributed by atoms with van der Waals surface area (Å²) in [5.74, 6) is -1.50. The molecule has 0 radical (unpaired) electrons. The molecule has 0 unspecified atom stereocenters. The average molecular weight is 196 g/mol. The Kier molecular flexibility index (Phi) is 2.62. The van der Waals surface area contributed by atoms with E-state index in [9.17, 15) is 14.5 Å². The molecule has 0 aliphatic heterocycles. The van der Waals surface area contributed by atoms with Crippen LogP contribution in [0, 0.1) is 27.3 Å². The largest absolute Gasteiger partial charge is 0.508 e. The summed E-state index contributed by atoms with van der Waals surface area (Å²) in [6, 6.07) is 3.34. The summed E-state index contributed by atoms with van der Waals surface area (Å²) in [6.07, 6.45) is -0.318. The van der Waals surface area contributed by atoms with Crippen molar-refractivity contribution in [3.05, 3.63) is 33.6 Å². The highest BCUT2D eigenvalue weighted by Gasteiger charge is 2.19. The molecule has 6 heteroatoms. The van der Waals surface area contributed by atoms with E-state index in [0.717, 1.165) is 6.07 Å². The summed E-state index contributed by atoms with van der Waals surface area (Å²) in [4.78, 5) is 9.35. The summed E-state index contributed by atoms with van der Waals surface area (Å²) in [5.41, 5.74) is -1.01. The first-order valence-corrected chi connectivity index (χ1v) is 3.59. The van der Waals surface area contributed by atoms with Crippen LogP contribution in [0.5, 0.6) is 5.75 Å². The van der Waals surface area contributed by atoms with E-state index in [2.05, 4.69) is 0 Å². The molecule has 1 rings (SSSR count). The zero-order valence-electron chi connectivity index (χ0n) is 6.90. The van der Waals surface area contributed by atoms with E-state index in [1.807, 2.05) is 0 Å². The lowest BCUT2D eigenvalue weighted by molar-refractivity contribution is -0.387. The zero-order chi connectivity index (χ0) is 10.7. The number of nitriles is 1. The lowest BCUT2D eigenvalue weighted by Gasteiger charge is -2.00. The standard InChI is InChI=1S/C8H5FN2O3/c9-8-5(1-2-10)3-6(12)4-7(8)11(13)14/h3-4,12H,1H2. The lowest BCUT2D eigenvalue weighted by atomic mass is 10.1. The number of nitrogens with zero attached hydrogens (tertiary/aromatic N) is 2. The van der Waals surface area contributed by atoms with E-state index < -0.39 is 22.2 Å².